The minimum Gasteiger partial charge on any atom is -0.133 e. The summed E-state index contributed by atoms with van der Waals surface area (Å²) in [5.74, 6) is 0. The molecule has 1 aromatic carbocycles. The first-order valence-electron chi connectivity index (χ1n) is 5.72. The van der Waals surface area contributed by atoms with Crippen LogP contribution in [0.25, 0.3) is 0 Å². The molecule has 2 rings (SSSR count). The van der Waals surface area contributed by atoms with Crippen LogP contribution in [0.4, 0.5) is 0 Å². The highest BCUT2D eigenvalue weighted by Gasteiger charge is 2.31. The van der Waals surface area contributed by atoms with Crippen LogP contribution >= 0.6 is 75.1 Å². The Kier molecular flexibility index (Phi) is 6.15. The third-order valence-corrected chi connectivity index (χ3v) is 7.35. The summed E-state index contributed by atoms with van der Waals surface area (Å²) in [4.78, 5) is 1.39. The van der Waals surface area contributed by atoms with Crippen molar-refractivity contribution in [2.24, 2.45) is 0 Å². The maximum Gasteiger partial charge on any atom is 0.0701 e. The molecule has 0 nitrogen and oxygen atoms in total. The Morgan fingerprint density at radius 1 is 1.00 bits per heavy atom. The summed E-state index contributed by atoms with van der Waals surface area (Å²) >= 11 is 16.3. The van der Waals surface area contributed by atoms with Crippen molar-refractivity contribution >= 4 is 75.1 Å². The average Bonchev–Trinajstić information content (AvgIpc) is 2.81. The van der Waals surface area contributed by atoms with E-state index in [0.717, 1.165) is 21.6 Å². The molecule has 0 radical (unpaired) electrons. The summed E-state index contributed by atoms with van der Waals surface area (Å²) in [5.41, 5.74) is 1.42. The molecule has 0 aliphatic heterocycles. The lowest BCUT2D eigenvalue weighted by atomic mass is 9.81. The Morgan fingerprint density at radius 3 is 2.26 bits per heavy atom. The van der Waals surface area contributed by atoms with Gasteiger partial charge in [0.2, 0.25) is 0 Å². The zero-order valence-electron chi connectivity index (χ0n) is 10.0. The predicted octanol–water partition coefficient (Wildman–Crippen LogP) is 6.54. The van der Waals surface area contributed by atoms with Gasteiger partial charge < -0.3 is 0 Å². The van der Waals surface area contributed by atoms with E-state index in [4.69, 9.17) is 0 Å². The minimum atomic E-state index is 0.0775. The number of hydrogen-bond acceptors (Lipinski definition) is 1. The zero-order valence-corrected chi connectivity index (χ0v) is 17.2. The molecule has 0 saturated heterocycles. The Balaban J connectivity index is 2.37. The van der Waals surface area contributed by atoms with E-state index < -0.39 is 0 Å². The Hall–Kier alpha value is 0.840. The molecule has 2 aromatic rings. The summed E-state index contributed by atoms with van der Waals surface area (Å²) in [7, 11) is 0. The normalized spacial score (nSPS) is 11.8. The van der Waals surface area contributed by atoms with Gasteiger partial charge >= 0.3 is 0 Å². The van der Waals surface area contributed by atoms with E-state index >= 15 is 0 Å². The van der Waals surface area contributed by atoms with Crippen LogP contribution < -0.4 is 0 Å². The zero-order chi connectivity index (χ0) is 13.9. The van der Waals surface area contributed by atoms with E-state index in [1.54, 1.807) is 0 Å². The maximum atomic E-state index is 3.71. The van der Waals surface area contributed by atoms with Crippen LogP contribution in [0, 0.1) is 0 Å². The first-order valence-corrected chi connectivity index (χ1v) is 10.4. The molecule has 0 saturated carbocycles. The predicted molar refractivity (Wildman–Crippen MR) is 99.1 cm³/mol. The Bertz CT molecular complexity index is 546. The standard InChI is InChI=1S/C14H12Br4S/c15-8-14(9-16,7-12-4-5-13(18)19-12)10-2-1-3-11(17)6-10/h1-6H,7-9H2. The molecule has 0 fully saturated rings. The third-order valence-electron chi connectivity index (χ3n) is 3.09. The summed E-state index contributed by atoms with van der Waals surface area (Å²) < 4.78 is 2.32. The molecule has 0 amide bonds. The smallest absolute Gasteiger partial charge is 0.0701 e. The molecular formula is C14H12Br4S. The first-order chi connectivity index (χ1) is 9.09. The SMILES string of the molecule is BrCC(CBr)(Cc1ccc(Br)s1)c1cccc(Br)c1. The highest BCUT2D eigenvalue weighted by molar-refractivity contribution is 9.11. The maximum absolute atomic E-state index is 3.71. The van der Waals surface area contributed by atoms with Gasteiger partial charge in [0.25, 0.3) is 0 Å². The number of thiophene rings is 1. The van der Waals surface area contributed by atoms with Crippen molar-refractivity contribution in [1.29, 1.82) is 0 Å². The van der Waals surface area contributed by atoms with Crippen LogP contribution in [0.5, 0.6) is 0 Å². The molecule has 0 atom stereocenters. The molecule has 102 valence electrons. The number of rotatable bonds is 5. The van der Waals surface area contributed by atoms with Gasteiger partial charge in [-0.2, -0.15) is 0 Å². The van der Waals surface area contributed by atoms with Gasteiger partial charge in [0, 0.05) is 25.4 Å². The van der Waals surface area contributed by atoms with Crippen molar-refractivity contribution in [1.82, 2.24) is 0 Å². The fraction of sp³-hybridized carbons (Fsp3) is 0.286. The van der Waals surface area contributed by atoms with Gasteiger partial charge in [0.1, 0.15) is 0 Å². The van der Waals surface area contributed by atoms with Gasteiger partial charge in [-0.05, 0) is 52.2 Å². The number of hydrogen-bond donors (Lipinski definition) is 0. The van der Waals surface area contributed by atoms with Crippen LogP contribution in [-0.4, -0.2) is 10.7 Å². The van der Waals surface area contributed by atoms with E-state index in [1.807, 2.05) is 11.3 Å². The van der Waals surface area contributed by atoms with E-state index in [0.29, 0.717) is 0 Å². The monoisotopic (exact) mass is 528 g/mol. The van der Waals surface area contributed by atoms with Gasteiger partial charge in [-0.15, -0.1) is 11.3 Å². The third kappa shape index (κ3) is 3.94. The lowest BCUT2D eigenvalue weighted by Crippen LogP contribution is -2.32. The van der Waals surface area contributed by atoms with Gasteiger partial charge in [-0.25, -0.2) is 0 Å². The van der Waals surface area contributed by atoms with Crippen LogP contribution in [-0.2, 0) is 11.8 Å². The van der Waals surface area contributed by atoms with Crippen LogP contribution in [0.1, 0.15) is 10.4 Å². The summed E-state index contributed by atoms with van der Waals surface area (Å²) in [6.07, 6.45) is 1.02. The largest absolute Gasteiger partial charge is 0.133 e. The summed E-state index contributed by atoms with van der Waals surface area (Å²) in [6.45, 7) is 0. The highest BCUT2D eigenvalue weighted by Crippen LogP contribution is 2.36. The van der Waals surface area contributed by atoms with E-state index in [1.165, 1.54) is 14.2 Å². The molecule has 5 heteroatoms. The quantitative estimate of drug-likeness (QED) is 0.384. The molecule has 0 spiro atoms. The molecule has 0 N–H and O–H groups in total. The summed E-state index contributed by atoms with van der Waals surface area (Å²) in [6, 6.07) is 12.9. The van der Waals surface area contributed by atoms with Crippen molar-refractivity contribution in [3.05, 3.63) is 55.1 Å². The Morgan fingerprint density at radius 2 is 1.74 bits per heavy atom. The van der Waals surface area contributed by atoms with Crippen molar-refractivity contribution in [2.45, 2.75) is 11.8 Å². The van der Waals surface area contributed by atoms with Crippen LogP contribution in [0.15, 0.2) is 44.7 Å². The second-order valence-electron chi connectivity index (χ2n) is 4.44. The second kappa shape index (κ2) is 7.21. The molecule has 0 aliphatic rings. The minimum absolute atomic E-state index is 0.0775. The molecular weight excluding hydrogens is 520 g/mol. The summed E-state index contributed by atoms with van der Waals surface area (Å²) in [5, 5.41) is 1.86. The number of benzene rings is 1. The lowest BCUT2D eigenvalue weighted by molar-refractivity contribution is 0.556. The van der Waals surface area contributed by atoms with Crippen LogP contribution in [0.3, 0.4) is 0 Å². The molecule has 0 unspecified atom stereocenters. The van der Waals surface area contributed by atoms with Gasteiger partial charge in [0.15, 0.2) is 0 Å². The van der Waals surface area contributed by atoms with Crippen molar-refractivity contribution in [3.8, 4) is 0 Å². The van der Waals surface area contributed by atoms with Crippen molar-refractivity contribution in [3.63, 3.8) is 0 Å². The van der Waals surface area contributed by atoms with Gasteiger partial charge in [0.05, 0.1) is 3.79 Å². The number of alkyl halides is 2. The topological polar surface area (TPSA) is 0 Å². The fourth-order valence-corrected chi connectivity index (χ4v) is 5.98. The second-order valence-corrected chi connectivity index (χ2v) is 9.03. The average molecular weight is 532 g/mol. The molecule has 0 aliphatic carbocycles. The van der Waals surface area contributed by atoms with E-state index in [2.05, 4.69) is 100 Å². The van der Waals surface area contributed by atoms with Crippen molar-refractivity contribution in [2.75, 3.05) is 10.7 Å². The molecule has 1 aromatic heterocycles. The van der Waals surface area contributed by atoms with Gasteiger partial charge in [-0.3, -0.25) is 0 Å². The van der Waals surface area contributed by atoms with Crippen LogP contribution in [0.2, 0.25) is 0 Å². The lowest BCUT2D eigenvalue weighted by Gasteiger charge is -2.30. The molecule has 19 heavy (non-hydrogen) atoms. The highest BCUT2D eigenvalue weighted by atomic mass is 79.9. The van der Waals surface area contributed by atoms with Crippen molar-refractivity contribution < 1.29 is 0 Å². The van der Waals surface area contributed by atoms with Gasteiger partial charge in [-0.1, -0.05) is 59.9 Å². The van der Waals surface area contributed by atoms with E-state index in [-0.39, 0.29) is 5.41 Å². The molecule has 0 bridgehead atoms. The Labute approximate surface area is 151 Å². The first kappa shape index (κ1) is 16.2. The molecule has 1 heterocycles. The fourth-order valence-electron chi connectivity index (χ4n) is 1.99. The van der Waals surface area contributed by atoms with E-state index in [9.17, 15) is 0 Å². The number of halogens is 4.